The van der Waals surface area contributed by atoms with E-state index in [1.807, 2.05) is 31.2 Å². The number of carbonyl (C=O) groups excluding carboxylic acids is 1. The molecule has 4 unspecified atom stereocenters. The van der Waals surface area contributed by atoms with Gasteiger partial charge >= 0.3 is 0 Å². The van der Waals surface area contributed by atoms with E-state index in [1.54, 1.807) is 0 Å². The van der Waals surface area contributed by atoms with E-state index in [1.165, 1.54) is 11.8 Å². The van der Waals surface area contributed by atoms with Gasteiger partial charge in [-0.05, 0) is 29.8 Å². The summed E-state index contributed by atoms with van der Waals surface area (Å²) in [5.74, 6) is 2.97. The van der Waals surface area contributed by atoms with Crippen LogP contribution < -0.4 is 15.8 Å². The van der Waals surface area contributed by atoms with E-state index in [-0.39, 0.29) is 29.7 Å². The second-order valence-corrected chi connectivity index (χ2v) is 6.63. The Balaban J connectivity index is 2.26. The number of terminal acetylenes is 1. The van der Waals surface area contributed by atoms with Gasteiger partial charge in [0, 0.05) is 23.6 Å². The third-order valence-electron chi connectivity index (χ3n) is 3.69. The van der Waals surface area contributed by atoms with Crippen molar-refractivity contribution in [2.75, 3.05) is 6.61 Å². The highest BCUT2D eigenvalue weighted by Gasteiger charge is 2.37. The number of benzene rings is 1. The number of nitroso groups, excluding NO2 is 1. The SMILES string of the molecule is C#CCOc1cccc(C2CC(=O)NC(C)C2SC(N)N=O)c1. The van der Waals surface area contributed by atoms with Crippen LogP contribution >= 0.6 is 11.8 Å². The highest BCUT2D eigenvalue weighted by molar-refractivity contribution is 8.00. The summed E-state index contributed by atoms with van der Waals surface area (Å²) in [6, 6.07) is 7.37. The Bertz CT molecular complexity index is 617. The molecule has 1 amide bonds. The lowest BCUT2D eigenvalue weighted by molar-refractivity contribution is -0.123. The van der Waals surface area contributed by atoms with E-state index in [2.05, 4.69) is 16.4 Å². The molecule has 1 aromatic carbocycles. The van der Waals surface area contributed by atoms with Crippen LogP contribution in [0.1, 0.15) is 24.8 Å². The Kier molecular flexibility index (Phi) is 6.02. The molecular formula is C16H19N3O3S. The van der Waals surface area contributed by atoms with Crippen LogP contribution in [0.5, 0.6) is 5.75 Å². The molecule has 1 saturated heterocycles. The van der Waals surface area contributed by atoms with Crippen LogP contribution in [-0.4, -0.2) is 29.3 Å². The second kappa shape index (κ2) is 7.99. The average molecular weight is 333 g/mol. The first-order valence-corrected chi connectivity index (χ1v) is 8.18. The van der Waals surface area contributed by atoms with Crippen LogP contribution in [0, 0.1) is 17.3 Å². The summed E-state index contributed by atoms with van der Waals surface area (Å²) in [6.07, 6.45) is 5.53. The third-order valence-corrected chi connectivity index (χ3v) is 5.11. The molecule has 0 saturated carbocycles. The number of carbonyl (C=O) groups is 1. The number of hydrogen-bond acceptors (Lipinski definition) is 6. The molecule has 0 aromatic heterocycles. The molecule has 1 aliphatic rings. The minimum absolute atomic E-state index is 0.0260. The van der Waals surface area contributed by atoms with Gasteiger partial charge in [0.2, 0.25) is 5.91 Å². The van der Waals surface area contributed by atoms with Crippen molar-refractivity contribution in [3.05, 3.63) is 34.7 Å². The number of hydrogen-bond donors (Lipinski definition) is 2. The summed E-state index contributed by atoms with van der Waals surface area (Å²) < 4.78 is 5.44. The summed E-state index contributed by atoms with van der Waals surface area (Å²) in [6.45, 7) is 2.08. The molecule has 0 spiro atoms. The standard InChI is InChI=1S/C16H19N3O3S/c1-3-7-22-12-6-4-5-11(8-12)13-9-14(20)18-10(2)15(13)23-16(17)19-21/h1,4-6,8,10,13,15-16H,7,9,17H2,2H3,(H,18,20). The molecule has 6 nitrogen and oxygen atoms in total. The topological polar surface area (TPSA) is 93.8 Å². The fourth-order valence-electron chi connectivity index (χ4n) is 2.73. The van der Waals surface area contributed by atoms with Gasteiger partial charge in [0.05, 0.1) is 0 Å². The lowest BCUT2D eigenvalue weighted by atomic mass is 9.86. The van der Waals surface area contributed by atoms with Gasteiger partial charge in [-0.2, -0.15) is 0 Å². The van der Waals surface area contributed by atoms with Gasteiger partial charge in [-0.15, -0.1) is 23.1 Å². The van der Waals surface area contributed by atoms with Crippen molar-refractivity contribution in [2.45, 2.75) is 36.1 Å². The maximum absolute atomic E-state index is 11.9. The summed E-state index contributed by atoms with van der Waals surface area (Å²) in [4.78, 5) is 22.6. The van der Waals surface area contributed by atoms with Gasteiger partial charge in [-0.1, -0.05) is 18.1 Å². The van der Waals surface area contributed by atoms with Crippen molar-refractivity contribution in [3.63, 3.8) is 0 Å². The van der Waals surface area contributed by atoms with Crippen LogP contribution in [0.3, 0.4) is 0 Å². The molecule has 4 atom stereocenters. The first kappa shape index (κ1) is 17.3. The molecule has 1 aliphatic heterocycles. The number of piperidine rings is 1. The third kappa shape index (κ3) is 4.47. The maximum atomic E-state index is 11.9. The Hall–Kier alpha value is -2.04. The molecule has 0 bridgehead atoms. The van der Waals surface area contributed by atoms with E-state index >= 15 is 0 Å². The summed E-state index contributed by atoms with van der Waals surface area (Å²) >= 11 is 1.27. The normalized spacial score (nSPS) is 25.1. The van der Waals surface area contributed by atoms with Crippen LogP contribution in [0.25, 0.3) is 0 Å². The van der Waals surface area contributed by atoms with Gasteiger partial charge in [0.25, 0.3) is 0 Å². The number of nitrogens with two attached hydrogens (primary N) is 1. The highest BCUT2D eigenvalue weighted by Crippen LogP contribution is 2.38. The lowest BCUT2D eigenvalue weighted by Crippen LogP contribution is -2.49. The quantitative estimate of drug-likeness (QED) is 0.470. The molecule has 1 aromatic rings. The fraction of sp³-hybridized carbons (Fsp3) is 0.438. The summed E-state index contributed by atoms with van der Waals surface area (Å²) in [7, 11) is 0. The van der Waals surface area contributed by atoms with Crippen LogP contribution in [-0.2, 0) is 4.79 Å². The fourth-order valence-corrected chi connectivity index (χ4v) is 3.84. The predicted octanol–water partition coefficient (Wildman–Crippen LogP) is 1.80. The summed E-state index contributed by atoms with van der Waals surface area (Å²) in [5, 5.41) is 5.69. The smallest absolute Gasteiger partial charge is 0.220 e. The zero-order valence-corrected chi connectivity index (χ0v) is 13.6. The molecule has 1 fully saturated rings. The van der Waals surface area contributed by atoms with Crippen LogP contribution in [0.4, 0.5) is 0 Å². The Morgan fingerprint density at radius 3 is 3.09 bits per heavy atom. The van der Waals surface area contributed by atoms with Gasteiger partial charge in [0.1, 0.15) is 12.4 Å². The largest absolute Gasteiger partial charge is 0.481 e. The predicted molar refractivity (Wildman–Crippen MR) is 90.9 cm³/mol. The molecule has 1 heterocycles. The van der Waals surface area contributed by atoms with E-state index in [4.69, 9.17) is 16.9 Å². The van der Waals surface area contributed by atoms with Crippen molar-refractivity contribution >= 4 is 17.7 Å². The molecule has 23 heavy (non-hydrogen) atoms. The number of nitrogens with zero attached hydrogens (tertiary/aromatic N) is 1. The van der Waals surface area contributed by atoms with Crippen molar-refractivity contribution < 1.29 is 9.53 Å². The van der Waals surface area contributed by atoms with Crippen molar-refractivity contribution in [3.8, 4) is 18.1 Å². The van der Waals surface area contributed by atoms with Crippen molar-refractivity contribution in [1.29, 1.82) is 0 Å². The molecule has 0 radical (unpaired) electrons. The second-order valence-electron chi connectivity index (χ2n) is 5.33. The first-order valence-electron chi connectivity index (χ1n) is 7.24. The van der Waals surface area contributed by atoms with Crippen LogP contribution in [0.2, 0.25) is 0 Å². The zero-order valence-electron chi connectivity index (χ0n) is 12.8. The molecule has 0 aliphatic carbocycles. The van der Waals surface area contributed by atoms with Crippen molar-refractivity contribution in [2.24, 2.45) is 10.9 Å². The average Bonchev–Trinajstić information content (AvgIpc) is 2.55. The van der Waals surface area contributed by atoms with Gasteiger partial charge in [-0.25, -0.2) is 0 Å². The maximum Gasteiger partial charge on any atom is 0.220 e. The summed E-state index contributed by atoms with van der Waals surface area (Å²) in [5.41, 5.74) is 5.76. The Morgan fingerprint density at radius 2 is 2.39 bits per heavy atom. The van der Waals surface area contributed by atoms with E-state index in [0.717, 1.165) is 5.56 Å². The Labute approximate surface area is 139 Å². The number of thioether (sulfide) groups is 1. The molecule has 7 heteroatoms. The minimum Gasteiger partial charge on any atom is -0.481 e. The molecule has 3 N–H and O–H groups in total. The first-order chi connectivity index (χ1) is 11.0. The number of rotatable bonds is 6. The van der Waals surface area contributed by atoms with Gasteiger partial charge in [-0.3, -0.25) is 10.5 Å². The van der Waals surface area contributed by atoms with Gasteiger partial charge < -0.3 is 10.1 Å². The van der Waals surface area contributed by atoms with Crippen molar-refractivity contribution in [1.82, 2.24) is 5.32 Å². The number of ether oxygens (including phenoxy) is 1. The number of nitrogens with one attached hydrogen (secondary N) is 1. The zero-order chi connectivity index (χ0) is 16.8. The number of amides is 1. The van der Waals surface area contributed by atoms with E-state index in [0.29, 0.717) is 12.2 Å². The monoisotopic (exact) mass is 333 g/mol. The highest BCUT2D eigenvalue weighted by atomic mass is 32.2. The minimum atomic E-state index is -0.860. The van der Waals surface area contributed by atoms with Crippen LogP contribution in [0.15, 0.2) is 29.4 Å². The Morgan fingerprint density at radius 1 is 1.61 bits per heavy atom. The van der Waals surface area contributed by atoms with E-state index in [9.17, 15) is 9.70 Å². The molecule has 2 rings (SSSR count). The van der Waals surface area contributed by atoms with E-state index < -0.39 is 5.50 Å². The molecular weight excluding hydrogens is 314 g/mol. The van der Waals surface area contributed by atoms with Gasteiger partial charge in [0.15, 0.2) is 5.50 Å². The lowest BCUT2D eigenvalue weighted by Gasteiger charge is -2.37. The molecule has 122 valence electrons.